The lowest BCUT2D eigenvalue weighted by Crippen LogP contribution is -2.30. The highest BCUT2D eigenvalue weighted by Crippen LogP contribution is 2.18. The van der Waals surface area contributed by atoms with E-state index >= 15 is 0 Å². The molecule has 1 fully saturated rings. The van der Waals surface area contributed by atoms with Gasteiger partial charge in [-0.25, -0.2) is 0 Å². The molecule has 0 unspecified atom stereocenters. The Hall–Kier alpha value is -1.99. The Balaban J connectivity index is 1.78. The van der Waals surface area contributed by atoms with Gasteiger partial charge in [-0.1, -0.05) is 0 Å². The number of aliphatic hydroxyl groups is 1. The molecule has 1 amide bonds. The maximum atomic E-state index is 12.4. The number of carbonyl (C=O) groups is 1. The summed E-state index contributed by atoms with van der Waals surface area (Å²) in [4.78, 5) is 14.0. The van der Waals surface area contributed by atoms with Gasteiger partial charge in [0.05, 0.1) is 6.10 Å². The van der Waals surface area contributed by atoms with Crippen LogP contribution in [0.5, 0.6) is 0 Å². The highest BCUT2D eigenvalue weighted by atomic mass is 16.5. The van der Waals surface area contributed by atoms with Crippen LogP contribution in [-0.2, 0) is 4.74 Å². The molecule has 1 aromatic carbocycles. The third-order valence-corrected chi connectivity index (χ3v) is 3.47. The first-order valence-electron chi connectivity index (χ1n) is 6.58. The predicted molar refractivity (Wildman–Crippen MR) is 71.2 cm³/mol. The summed E-state index contributed by atoms with van der Waals surface area (Å²) >= 11 is 0. The summed E-state index contributed by atoms with van der Waals surface area (Å²) in [7, 11) is 0. The van der Waals surface area contributed by atoms with E-state index in [9.17, 15) is 9.90 Å². The van der Waals surface area contributed by atoms with E-state index in [0.29, 0.717) is 30.8 Å². The number of ether oxygens (including phenoxy) is 1. The third kappa shape index (κ3) is 2.25. The first-order chi connectivity index (χ1) is 9.69. The first kappa shape index (κ1) is 13.0. The second-order valence-corrected chi connectivity index (χ2v) is 4.80. The van der Waals surface area contributed by atoms with Gasteiger partial charge in [0, 0.05) is 25.3 Å². The molecule has 2 atom stereocenters. The second kappa shape index (κ2) is 5.18. The minimum Gasteiger partial charge on any atom is -0.388 e. The van der Waals surface area contributed by atoms with Crippen LogP contribution in [0.4, 0.5) is 0 Å². The Kier molecular flexibility index (Phi) is 3.37. The van der Waals surface area contributed by atoms with E-state index in [2.05, 4.69) is 15.4 Å². The van der Waals surface area contributed by atoms with Gasteiger partial charge in [0.25, 0.3) is 5.91 Å². The molecule has 0 bridgehead atoms. The molecule has 106 valence electrons. The van der Waals surface area contributed by atoms with Crippen molar-refractivity contribution in [2.24, 2.45) is 0 Å². The van der Waals surface area contributed by atoms with Crippen LogP contribution in [0, 0.1) is 0 Å². The zero-order chi connectivity index (χ0) is 14.1. The van der Waals surface area contributed by atoms with Crippen molar-refractivity contribution >= 4 is 16.9 Å². The molecule has 2 aromatic rings. The number of nitrogens with one attached hydrogen (secondary N) is 1. The monoisotopic (exact) mass is 276 g/mol. The molecule has 1 aromatic heterocycles. The van der Waals surface area contributed by atoms with Crippen molar-refractivity contribution < 1.29 is 14.6 Å². The molecule has 2 heterocycles. The topological polar surface area (TPSA) is 91.3 Å². The van der Waals surface area contributed by atoms with Gasteiger partial charge in [-0.2, -0.15) is 15.4 Å². The zero-order valence-corrected chi connectivity index (χ0v) is 11.1. The molecular weight excluding hydrogens is 260 g/mol. The van der Waals surface area contributed by atoms with Gasteiger partial charge >= 0.3 is 0 Å². The molecule has 7 nitrogen and oxygen atoms in total. The van der Waals surface area contributed by atoms with Crippen molar-refractivity contribution in [3.8, 4) is 0 Å². The van der Waals surface area contributed by atoms with Crippen molar-refractivity contribution in [3.63, 3.8) is 0 Å². The Morgan fingerprint density at radius 1 is 1.45 bits per heavy atom. The third-order valence-electron chi connectivity index (χ3n) is 3.47. The van der Waals surface area contributed by atoms with Crippen molar-refractivity contribution in [1.29, 1.82) is 0 Å². The average Bonchev–Trinajstić information content (AvgIpc) is 3.05. The molecular formula is C13H16N4O3. The van der Waals surface area contributed by atoms with E-state index in [-0.39, 0.29) is 12.0 Å². The van der Waals surface area contributed by atoms with Gasteiger partial charge in [-0.05, 0) is 25.1 Å². The Morgan fingerprint density at radius 2 is 2.25 bits per heavy atom. The van der Waals surface area contributed by atoms with E-state index in [1.165, 1.54) is 0 Å². The average molecular weight is 276 g/mol. The molecule has 20 heavy (non-hydrogen) atoms. The summed E-state index contributed by atoms with van der Waals surface area (Å²) in [5.41, 5.74) is 1.91. The molecule has 0 radical (unpaired) electrons. The lowest BCUT2D eigenvalue weighted by atomic mass is 10.2. The summed E-state index contributed by atoms with van der Waals surface area (Å²) < 4.78 is 5.42. The van der Waals surface area contributed by atoms with Crippen molar-refractivity contribution in [1.82, 2.24) is 20.3 Å². The summed E-state index contributed by atoms with van der Waals surface area (Å²) in [6.07, 6.45) is -0.936. The SMILES string of the molecule is CCO[C@@H]1CN(C(=O)c2ccc3n[nH]nc3c2)C[C@H]1O. The highest BCUT2D eigenvalue weighted by molar-refractivity contribution is 5.97. The summed E-state index contributed by atoms with van der Waals surface area (Å²) in [6.45, 7) is 3.09. The maximum absolute atomic E-state index is 12.4. The van der Waals surface area contributed by atoms with Crippen molar-refractivity contribution in [2.45, 2.75) is 19.1 Å². The Bertz CT molecular complexity index is 627. The van der Waals surface area contributed by atoms with Crippen LogP contribution in [0.15, 0.2) is 18.2 Å². The number of hydrogen-bond donors (Lipinski definition) is 2. The largest absolute Gasteiger partial charge is 0.388 e. The lowest BCUT2D eigenvalue weighted by Gasteiger charge is -2.16. The number of H-pyrrole nitrogens is 1. The van der Waals surface area contributed by atoms with Gasteiger partial charge in [0.1, 0.15) is 17.1 Å². The Morgan fingerprint density at radius 3 is 3.05 bits per heavy atom. The number of fused-ring (bicyclic) bond motifs is 1. The number of likely N-dealkylation sites (tertiary alicyclic amines) is 1. The molecule has 1 saturated heterocycles. The number of rotatable bonds is 3. The van der Waals surface area contributed by atoms with E-state index in [1.54, 1.807) is 23.1 Å². The second-order valence-electron chi connectivity index (χ2n) is 4.80. The number of hydrogen-bond acceptors (Lipinski definition) is 5. The quantitative estimate of drug-likeness (QED) is 0.834. The van der Waals surface area contributed by atoms with Gasteiger partial charge in [-0.3, -0.25) is 4.79 Å². The number of nitrogens with zero attached hydrogens (tertiary/aromatic N) is 3. The van der Waals surface area contributed by atoms with Crippen LogP contribution in [0.3, 0.4) is 0 Å². The molecule has 0 saturated carbocycles. The fourth-order valence-electron chi connectivity index (χ4n) is 2.46. The number of amides is 1. The molecule has 1 aliphatic heterocycles. The van der Waals surface area contributed by atoms with Crippen LogP contribution in [0.25, 0.3) is 11.0 Å². The predicted octanol–water partition coefficient (Wildman–Crippen LogP) is 0.180. The van der Waals surface area contributed by atoms with Crippen LogP contribution in [0.1, 0.15) is 17.3 Å². The standard InChI is InChI=1S/C13H16N4O3/c1-2-20-12-7-17(6-11(12)18)13(19)8-3-4-9-10(5-8)15-16-14-9/h3-5,11-12,18H,2,6-7H2,1H3,(H,14,15,16)/t11-,12-/m1/s1. The van der Waals surface area contributed by atoms with Gasteiger partial charge in [0.15, 0.2) is 0 Å². The minimum atomic E-state index is -0.630. The van der Waals surface area contributed by atoms with Gasteiger partial charge < -0.3 is 14.7 Å². The van der Waals surface area contributed by atoms with Gasteiger partial charge in [-0.15, -0.1) is 0 Å². The number of aromatic amines is 1. The molecule has 2 N–H and O–H groups in total. The van der Waals surface area contributed by atoms with Gasteiger partial charge in [0.2, 0.25) is 0 Å². The van der Waals surface area contributed by atoms with E-state index < -0.39 is 6.10 Å². The number of aliphatic hydroxyl groups excluding tert-OH is 1. The van der Waals surface area contributed by atoms with Crippen LogP contribution < -0.4 is 0 Å². The van der Waals surface area contributed by atoms with Crippen molar-refractivity contribution in [3.05, 3.63) is 23.8 Å². The highest BCUT2D eigenvalue weighted by Gasteiger charge is 2.34. The first-order valence-corrected chi connectivity index (χ1v) is 6.58. The summed E-state index contributed by atoms with van der Waals surface area (Å²) in [6, 6.07) is 5.16. The van der Waals surface area contributed by atoms with Crippen LogP contribution >= 0.6 is 0 Å². The number of aromatic nitrogens is 3. The van der Waals surface area contributed by atoms with E-state index in [4.69, 9.17) is 4.74 Å². The summed E-state index contributed by atoms with van der Waals surface area (Å²) in [5.74, 6) is -0.129. The number of carbonyl (C=O) groups excluding carboxylic acids is 1. The zero-order valence-electron chi connectivity index (χ0n) is 11.1. The number of benzene rings is 1. The number of β-amino-alcohol motifs (C(OH)–C–C–N with tert-alkyl or cyclic N) is 1. The maximum Gasteiger partial charge on any atom is 0.254 e. The minimum absolute atomic E-state index is 0.129. The van der Waals surface area contributed by atoms with Crippen LogP contribution in [0.2, 0.25) is 0 Å². The fraction of sp³-hybridized carbons (Fsp3) is 0.462. The normalized spacial score (nSPS) is 22.6. The van der Waals surface area contributed by atoms with Crippen molar-refractivity contribution in [2.75, 3.05) is 19.7 Å². The van der Waals surface area contributed by atoms with E-state index in [1.807, 2.05) is 6.92 Å². The molecule has 1 aliphatic rings. The molecule has 3 rings (SSSR count). The molecule has 0 aliphatic carbocycles. The van der Waals surface area contributed by atoms with E-state index in [0.717, 1.165) is 5.52 Å². The lowest BCUT2D eigenvalue weighted by molar-refractivity contribution is -0.00237. The Labute approximate surface area is 115 Å². The molecule has 7 heteroatoms. The molecule has 0 spiro atoms. The fourth-order valence-corrected chi connectivity index (χ4v) is 2.46. The van der Waals surface area contributed by atoms with Crippen LogP contribution in [-0.4, -0.2) is 63.2 Å². The summed E-state index contributed by atoms with van der Waals surface area (Å²) in [5, 5.41) is 20.3. The smallest absolute Gasteiger partial charge is 0.254 e.